The van der Waals surface area contributed by atoms with Gasteiger partial charge in [0.05, 0.1) is 11.3 Å². The molecular weight excluding hydrogens is 240 g/mol. The van der Waals surface area contributed by atoms with E-state index in [-0.39, 0.29) is 5.92 Å². The maximum absolute atomic E-state index is 10.5. The molecule has 1 aromatic rings. The number of aliphatic hydroxyl groups is 1. The molecule has 4 nitrogen and oxygen atoms in total. The monoisotopic (exact) mass is 262 g/mol. The van der Waals surface area contributed by atoms with Gasteiger partial charge in [-0.3, -0.25) is 0 Å². The summed E-state index contributed by atoms with van der Waals surface area (Å²) >= 11 is 0. The van der Waals surface area contributed by atoms with E-state index >= 15 is 0 Å². The van der Waals surface area contributed by atoms with Crippen molar-refractivity contribution in [2.75, 3.05) is 18.0 Å². The molecule has 0 saturated carbocycles. The zero-order chi connectivity index (χ0) is 14.0. The molecule has 0 spiro atoms. The van der Waals surface area contributed by atoms with E-state index in [4.69, 9.17) is 5.21 Å². The Hall–Kier alpha value is -1.55. The fourth-order valence-corrected chi connectivity index (χ4v) is 2.33. The predicted molar refractivity (Wildman–Crippen MR) is 77.1 cm³/mol. The Morgan fingerprint density at radius 1 is 1.37 bits per heavy atom. The smallest absolute Gasteiger partial charge is 0.0906 e. The molecule has 0 saturated heterocycles. The van der Waals surface area contributed by atoms with Gasteiger partial charge in [0.2, 0.25) is 0 Å². The Morgan fingerprint density at radius 3 is 2.68 bits per heavy atom. The number of nitrogens with zero attached hydrogens (tertiary/aromatic N) is 2. The largest absolute Gasteiger partial charge is 0.411 e. The number of anilines is 1. The normalized spacial score (nSPS) is 20.5. The molecule has 0 fully saturated rings. The van der Waals surface area contributed by atoms with Gasteiger partial charge in [-0.2, -0.15) is 0 Å². The number of β-amino-alcohol motifs (C(OH)–C–C–N with tert-alkyl or cyclic N) is 1. The molecule has 1 unspecified atom stereocenters. The first-order valence-electron chi connectivity index (χ1n) is 6.73. The molecule has 2 rings (SSSR count). The SMILES string of the molecule is CC(C)C(C)(O)CN1CC/C(=N/O)c2ccccc21. The van der Waals surface area contributed by atoms with Gasteiger partial charge in [-0.1, -0.05) is 37.2 Å². The van der Waals surface area contributed by atoms with Crippen molar-refractivity contribution >= 4 is 11.4 Å². The Bertz CT molecular complexity index is 481. The number of fused-ring (bicyclic) bond motifs is 1. The van der Waals surface area contributed by atoms with Crippen LogP contribution in [0.25, 0.3) is 0 Å². The first-order chi connectivity index (χ1) is 8.95. The Labute approximate surface area is 114 Å². The Kier molecular flexibility index (Phi) is 3.80. The van der Waals surface area contributed by atoms with Crippen LogP contribution in [0.3, 0.4) is 0 Å². The van der Waals surface area contributed by atoms with Crippen LogP contribution in [-0.4, -0.2) is 34.7 Å². The van der Waals surface area contributed by atoms with Gasteiger partial charge in [0.15, 0.2) is 0 Å². The highest BCUT2D eigenvalue weighted by Crippen LogP contribution is 2.30. The first kappa shape index (κ1) is 13.9. The molecule has 1 aliphatic rings. The van der Waals surface area contributed by atoms with Crippen molar-refractivity contribution in [3.05, 3.63) is 29.8 Å². The van der Waals surface area contributed by atoms with Crippen LogP contribution in [0, 0.1) is 5.92 Å². The average Bonchev–Trinajstić information content (AvgIpc) is 2.38. The minimum absolute atomic E-state index is 0.188. The van der Waals surface area contributed by atoms with Gasteiger partial charge < -0.3 is 15.2 Å². The first-order valence-corrected chi connectivity index (χ1v) is 6.73. The van der Waals surface area contributed by atoms with E-state index in [9.17, 15) is 5.11 Å². The van der Waals surface area contributed by atoms with Crippen LogP contribution in [0.4, 0.5) is 5.69 Å². The van der Waals surface area contributed by atoms with Crippen molar-refractivity contribution in [3.63, 3.8) is 0 Å². The molecule has 0 aliphatic carbocycles. The van der Waals surface area contributed by atoms with Gasteiger partial charge in [0, 0.05) is 30.8 Å². The van der Waals surface area contributed by atoms with Crippen LogP contribution in [0.1, 0.15) is 32.8 Å². The lowest BCUT2D eigenvalue weighted by Crippen LogP contribution is -2.47. The summed E-state index contributed by atoms with van der Waals surface area (Å²) in [6.45, 7) is 7.27. The van der Waals surface area contributed by atoms with Gasteiger partial charge in [0.1, 0.15) is 0 Å². The average molecular weight is 262 g/mol. The fourth-order valence-electron chi connectivity index (χ4n) is 2.33. The third-order valence-electron chi connectivity index (χ3n) is 4.05. The van der Waals surface area contributed by atoms with Crippen LogP contribution >= 0.6 is 0 Å². The molecule has 1 atom stereocenters. The van der Waals surface area contributed by atoms with E-state index in [2.05, 4.69) is 10.1 Å². The maximum atomic E-state index is 10.5. The molecule has 0 bridgehead atoms. The van der Waals surface area contributed by atoms with Gasteiger partial charge in [0.25, 0.3) is 0 Å². The molecule has 104 valence electrons. The van der Waals surface area contributed by atoms with E-state index in [1.54, 1.807) is 0 Å². The zero-order valence-corrected chi connectivity index (χ0v) is 11.8. The predicted octanol–water partition coefficient (Wildman–Crippen LogP) is 2.48. The maximum Gasteiger partial charge on any atom is 0.0906 e. The number of rotatable bonds is 3. The molecule has 1 aromatic carbocycles. The number of hydrogen-bond acceptors (Lipinski definition) is 4. The van der Waals surface area contributed by atoms with Crippen molar-refractivity contribution in [1.82, 2.24) is 0 Å². The minimum Gasteiger partial charge on any atom is -0.411 e. The van der Waals surface area contributed by atoms with Crippen LogP contribution < -0.4 is 4.90 Å². The van der Waals surface area contributed by atoms with Crippen molar-refractivity contribution < 1.29 is 10.3 Å². The number of para-hydroxylation sites is 1. The lowest BCUT2D eigenvalue weighted by Gasteiger charge is -2.38. The standard InChI is InChI=1S/C15H22N2O2/c1-11(2)15(3,18)10-17-9-8-13(16-19)12-6-4-5-7-14(12)17/h4-7,11,18-19H,8-10H2,1-3H3/b16-13-. The van der Waals surface area contributed by atoms with Gasteiger partial charge in [-0.25, -0.2) is 0 Å². The summed E-state index contributed by atoms with van der Waals surface area (Å²) in [5, 5.41) is 22.9. The third kappa shape index (κ3) is 2.73. The summed E-state index contributed by atoms with van der Waals surface area (Å²) in [4.78, 5) is 2.17. The summed E-state index contributed by atoms with van der Waals surface area (Å²) in [5.74, 6) is 0.188. The Balaban J connectivity index is 2.30. The molecule has 1 aliphatic heterocycles. The summed E-state index contributed by atoms with van der Waals surface area (Å²) in [6, 6.07) is 7.88. The Morgan fingerprint density at radius 2 is 2.05 bits per heavy atom. The molecule has 0 aromatic heterocycles. The number of hydrogen-bond donors (Lipinski definition) is 2. The van der Waals surface area contributed by atoms with Crippen LogP contribution in [0.15, 0.2) is 29.4 Å². The highest BCUT2D eigenvalue weighted by Gasteiger charge is 2.31. The van der Waals surface area contributed by atoms with Crippen molar-refractivity contribution in [2.45, 2.75) is 32.8 Å². The molecule has 0 radical (unpaired) electrons. The molecule has 1 heterocycles. The van der Waals surface area contributed by atoms with Crippen molar-refractivity contribution in [2.24, 2.45) is 11.1 Å². The van der Waals surface area contributed by atoms with E-state index < -0.39 is 5.60 Å². The minimum atomic E-state index is -0.735. The summed E-state index contributed by atoms with van der Waals surface area (Å²) in [6.07, 6.45) is 0.696. The summed E-state index contributed by atoms with van der Waals surface area (Å²) in [5.41, 5.74) is 1.97. The second kappa shape index (κ2) is 5.21. The van der Waals surface area contributed by atoms with Crippen LogP contribution in [-0.2, 0) is 0 Å². The lowest BCUT2D eigenvalue weighted by atomic mass is 9.90. The molecular formula is C15H22N2O2. The fraction of sp³-hybridized carbons (Fsp3) is 0.533. The molecule has 0 amide bonds. The number of oxime groups is 1. The molecule has 2 N–H and O–H groups in total. The summed E-state index contributed by atoms with van der Waals surface area (Å²) < 4.78 is 0. The third-order valence-corrected chi connectivity index (χ3v) is 4.05. The van der Waals surface area contributed by atoms with Gasteiger partial charge in [-0.05, 0) is 18.9 Å². The van der Waals surface area contributed by atoms with E-state index in [1.165, 1.54) is 0 Å². The van der Waals surface area contributed by atoms with Crippen LogP contribution in [0.2, 0.25) is 0 Å². The highest BCUT2D eigenvalue weighted by atomic mass is 16.4. The lowest BCUT2D eigenvalue weighted by molar-refractivity contribution is 0.0206. The van der Waals surface area contributed by atoms with E-state index in [0.29, 0.717) is 13.0 Å². The van der Waals surface area contributed by atoms with E-state index in [0.717, 1.165) is 23.5 Å². The molecule has 19 heavy (non-hydrogen) atoms. The quantitative estimate of drug-likeness (QED) is 0.650. The second-order valence-electron chi connectivity index (χ2n) is 5.75. The van der Waals surface area contributed by atoms with Gasteiger partial charge in [-0.15, -0.1) is 0 Å². The highest BCUT2D eigenvalue weighted by molar-refractivity contribution is 6.06. The van der Waals surface area contributed by atoms with E-state index in [1.807, 2.05) is 45.0 Å². The van der Waals surface area contributed by atoms with Gasteiger partial charge >= 0.3 is 0 Å². The summed E-state index contributed by atoms with van der Waals surface area (Å²) in [7, 11) is 0. The van der Waals surface area contributed by atoms with Crippen LogP contribution in [0.5, 0.6) is 0 Å². The molecule has 4 heteroatoms. The topological polar surface area (TPSA) is 56.1 Å². The zero-order valence-electron chi connectivity index (χ0n) is 11.8. The van der Waals surface area contributed by atoms with Crippen molar-refractivity contribution in [1.29, 1.82) is 0 Å². The second-order valence-corrected chi connectivity index (χ2v) is 5.75. The number of benzene rings is 1. The van der Waals surface area contributed by atoms with Crippen molar-refractivity contribution in [3.8, 4) is 0 Å².